The van der Waals surface area contributed by atoms with Gasteiger partial charge in [0.05, 0.1) is 17.3 Å². The van der Waals surface area contributed by atoms with Crippen LogP contribution in [-0.4, -0.2) is 35.9 Å². The number of halogens is 6. The Morgan fingerprint density at radius 2 is 1.70 bits per heavy atom. The number of Topliss-reactive ketones (excluding diaryl/α,β-unsaturated/α-hetero) is 1. The Bertz CT molecular complexity index is 758. The first kappa shape index (κ1) is 22.9. The summed E-state index contributed by atoms with van der Waals surface area (Å²) >= 11 is 0. The molecule has 3 aliphatic rings. The molecule has 0 aromatic heterocycles. The first-order chi connectivity index (χ1) is 13.5. The Morgan fingerprint density at radius 1 is 1.13 bits per heavy atom. The zero-order valence-electron chi connectivity index (χ0n) is 16.6. The maximum Gasteiger partial charge on any atom is 0.400 e. The van der Waals surface area contributed by atoms with E-state index in [0.29, 0.717) is 6.42 Å². The minimum absolute atomic E-state index is 0.148. The predicted octanol–water partition coefficient (Wildman–Crippen LogP) is 4.34. The third-order valence-electron chi connectivity index (χ3n) is 6.91. The van der Waals surface area contributed by atoms with Crippen molar-refractivity contribution in [3.05, 3.63) is 0 Å². The second-order valence-electron chi connectivity index (χ2n) is 9.20. The lowest BCUT2D eigenvalue weighted by molar-refractivity contribution is -0.284. The van der Waals surface area contributed by atoms with E-state index in [1.807, 2.05) is 0 Å². The summed E-state index contributed by atoms with van der Waals surface area (Å²) in [4.78, 5) is 37.5. The highest BCUT2D eigenvalue weighted by atomic mass is 19.4. The second-order valence-corrected chi connectivity index (χ2v) is 9.20. The van der Waals surface area contributed by atoms with Crippen LogP contribution in [0.3, 0.4) is 0 Å². The number of carbonyl (C=O) groups excluding carboxylic acids is 3. The molecule has 0 aromatic rings. The van der Waals surface area contributed by atoms with Crippen LogP contribution < -0.4 is 0 Å². The molecule has 5 nitrogen and oxygen atoms in total. The number of rotatable bonds is 6. The number of esters is 2. The van der Waals surface area contributed by atoms with E-state index in [4.69, 9.17) is 9.47 Å². The monoisotopic (exact) mass is 444 g/mol. The Labute approximate surface area is 168 Å². The second kappa shape index (κ2) is 6.59. The summed E-state index contributed by atoms with van der Waals surface area (Å²) in [5, 5.41) is 0. The maximum absolute atomic E-state index is 12.9. The number of fused-ring (bicyclic) bond motifs is 1. The molecule has 0 spiro atoms. The van der Waals surface area contributed by atoms with Gasteiger partial charge in [0.25, 0.3) is 5.79 Å². The van der Waals surface area contributed by atoms with Crippen LogP contribution >= 0.6 is 0 Å². The van der Waals surface area contributed by atoms with E-state index >= 15 is 0 Å². The molecule has 2 bridgehead atoms. The van der Waals surface area contributed by atoms with Crippen LogP contribution in [0.15, 0.2) is 0 Å². The van der Waals surface area contributed by atoms with Crippen molar-refractivity contribution in [1.29, 1.82) is 0 Å². The van der Waals surface area contributed by atoms with Gasteiger partial charge in [0.1, 0.15) is 5.78 Å². The average Bonchev–Trinajstić information content (AvgIpc) is 3.15. The zero-order valence-corrected chi connectivity index (χ0v) is 16.6. The van der Waals surface area contributed by atoms with Crippen LogP contribution in [0.25, 0.3) is 0 Å². The molecule has 3 fully saturated rings. The molecule has 2 aliphatic carbocycles. The zero-order chi connectivity index (χ0) is 22.9. The highest BCUT2D eigenvalue weighted by molar-refractivity contribution is 5.90. The van der Waals surface area contributed by atoms with Crippen LogP contribution in [0.5, 0.6) is 0 Å². The molecule has 1 heterocycles. The summed E-state index contributed by atoms with van der Waals surface area (Å²) in [6.45, 7) is 4.90. The lowest BCUT2D eigenvalue weighted by atomic mass is 9.73. The standard InChI is InChI=1S/C19H22F6O5/c1-4-15(2,3)14(28)30-17-8-16(6-9(10(17)7-16)13(27)29-17)12(26)5-11(18(20,21)22)19(23,24)25/h9-11H,4-8H2,1-3H3. The summed E-state index contributed by atoms with van der Waals surface area (Å²) in [5.74, 6) is -9.96. The van der Waals surface area contributed by atoms with E-state index in [9.17, 15) is 40.7 Å². The quantitative estimate of drug-likeness (QED) is 0.451. The summed E-state index contributed by atoms with van der Waals surface area (Å²) in [7, 11) is 0. The molecule has 4 atom stereocenters. The lowest BCUT2D eigenvalue weighted by Crippen LogP contribution is -2.46. The van der Waals surface area contributed by atoms with E-state index in [1.165, 1.54) is 0 Å². The van der Waals surface area contributed by atoms with Gasteiger partial charge in [-0.3, -0.25) is 14.4 Å². The third-order valence-corrected chi connectivity index (χ3v) is 6.91. The molecule has 0 N–H and O–H groups in total. The van der Waals surface area contributed by atoms with Gasteiger partial charge in [0.2, 0.25) is 0 Å². The number of alkyl halides is 6. The fourth-order valence-electron chi connectivity index (χ4n) is 4.74. The van der Waals surface area contributed by atoms with Crippen molar-refractivity contribution in [3.63, 3.8) is 0 Å². The summed E-state index contributed by atoms with van der Waals surface area (Å²) in [6, 6.07) is 0. The smallest absolute Gasteiger partial charge is 0.400 e. The van der Waals surface area contributed by atoms with E-state index in [1.54, 1.807) is 20.8 Å². The molecule has 30 heavy (non-hydrogen) atoms. The molecule has 1 aliphatic heterocycles. The fourth-order valence-corrected chi connectivity index (χ4v) is 4.74. The predicted molar refractivity (Wildman–Crippen MR) is 87.5 cm³/mol. The molecule has 3 rings (SSSR count). The Balaban J connectivity index is 1.87. The van der Waals surface area contributed by atoms with Crippen molar-refractivity contribution in [2.24, 2.45) is 28.6 Å². The van der Waals surface area contributed by atoms with Gasteiger partial charge in [0.15, 0.2) is 5.92 Å². The molecule has 4 unspecified atom stereocenters. The van der Waals surface area contributed by atoms with Crippen LogP contribution in [-0.2, 0) is 23.9 Å². The highest BCUT2D eigenvalue weighted by Crippen LogP contribution is 2.68. The van der Waals surface area contributed by atoms with Gasteiger partial charge in [-0.05, 0) is 33.1 Å². The maximum atomic E-state index is 12.9. The van der Waals surface area contributed by atoms with Crippen molar-refractivity contribution in [2.45, 2.75) is 71.0 Å². The van der Waals surface area contributed by atoms with E-state index in [2.05, 4.69) is 0 Å². The Hall–Kier alpha value is -1.81. The van der Waals surface area contributed by atoms with Gasteiger partial charge in [0, 0.05) is 18.3 Å². The van der Waals surface area contributed by atoms with Crippen LogP contribution in [0.1, 0.15) is 52.9 Å². The van der Waals surface area contributed by atoms with Crippen LogP contribution in [0.4, 0.5) is 26.3 Å². The molecular formula is C19H22F6O5. The minimum atomic E-state index is -5.64. The molecule has 2 saturated carbocycles. The van der Waals surface area contributed by atoms with Crippen molar-refractivity contribution in [1.82, 2.24) is 0 Å². The van der Waals surface area contributed by atoms with Crippen molar-refractivity contribution < 1.29 is 50.2 Å². The molecule has 1 saturated heterocycles. The Kier molecular flexibility index (Phi) is 5.02. The van der Waals surface area contributed by atoms with E-state index in [0.717, 1.165) is 0 Å². The van der Waals surface area contributed by atoms with E-state index in [-0.39, 0.29) is 12.8 Å². The van der Waals surface area contributed by atoms with Gasteiger partial charge < -0.3 is 9.47 Å². The largest absolute Gasteiger partial charge is 0.422 e. The van der Waals surface area contributed by atoms with Crippen molar-refractivity contribution in [3.8, 4) is 0 Å². The molecule has 0 radical (unpaired) electrons. The normalized spacial score (nSPS) is 33.2. The lowest BCUT2D eigenvalue weighted by Gasteiger charge is -2.36. The number of ether oxygens (including phenoxy) is 2. The number of carbonyl (C=O) groups is 3. The fraction of sp³-hybridized carbons (Fsp3) is 0.842. The van der Waals surface area contributed by atoms with Gasteiger partial charge in [-0.2, -0.15) is 26.3 Å². The molecule has 0 aromatic carbocycles. The minimum Gasteiger partial charge on any atom is -0.422 e. The van der Waals surface area contributed by atoms with Crippen LogP contribution in [0.2, 0.25) is 0 Å². The number of ketones is 1. The first-order valence-electron chi connectivity index (χ1n) is 9.60. The summed E-state index contributed by atoms with van der Waals surface area (Å²) < 4.78 is 88.3. The molecule has 0 amide bonds. The summed E-state index contributed by atoms with van der Waals surface area (Å²) in [5.41, 5.74) is -2.57. The van der Waals surface area contributed by atoms with Gasteiger partial charge >= 0.3 is 24.3 Å². The molecule has 170 valence electrons. The molecular weight excluding hydrogens is 422 g/mol. The third kappa shape index (κ3) is 3.47. The van der Waals surface area contributed by atoms with Gasteiger partial charge in [-0.15, -0.1) is 0 Å². The average molecular weight is 444 g/mol. The highest BCUT2D eigenvalue weighted by Gasteiger charge is 2.76. The first-order valence-corrected chi connectivity index (χ1v) is 9.60. The topological polar surface area (TPSA) is 69.7 Å². The van der Waals surface area contributed by atoms with Gasteiger partial charge in [-0.25, -0.2) is 0 Å². The van der Waals surface area contributed by atoms with Crippen LogP contribution in [0, 0.1) is 28.6 Å². The number of hydrogen-bond acceptors (Lipinski definition) is 5. The molecule has 11 heteroatoms. The SMILES string of the molecule is CCC(C)(C)C(=O)OC12CC3(C(=O)CC(C(F)(F)F)C(F)(F)F)CC(C(=O)O1)C2C3. The van der Waals surface area contributed by atoms with E-state index < -0.39 is 77.3 Å². The van der Waals surface area contributed by atoms with Crippen molar-refractivity contribution in [2.75, 3.05) is 0 Å². The summed E-state index contributed by atoms with van der Waals surface area (Å²) in [6.07, 6.45) is -13.4. The Morgan fingerprint density at radius 3 is 2.20 bits per heavy atom. The number of hydrogen-bond donors (Lipinski definition) is 0. The van der Waals surface area contributed by atoms with Crippen molar-refractivity contribution >= 4 is 17.7 Å². The van der Waals surface area contributed by atoms with Gasteiger partial charge in [-0.1, -0.05) is 6.92 Å².